The molecule has 2 nitrogen and oxygen atoms in total. The van der Waals surface area contributed by atoms with E-state index in [1.807, 2.05) is 0 Å². The number of rotatable bonds is 2. The first kappa shape index (κ1) is 0.997. The van der Waals surface area contributed by atoms with Gasteiger partial charge in [0.15, 0.2) is 0 Å². The molecule has 0 heterocycles. The first-order valence-electron chi connectivity index (χ1n) is 4.28. The summed E-state index contributed by atoms with van der Waals surface area (Å²) in [5.74, 6) is 0. The zero-order valence-electron chi connectivity index (χ0n) is 8.97. The lowest BCUT2D eigenvalue weighted by atomic mass is 10.5. The summed E-state index contributed by atoms with van der Waals surface area (Å²) in [6.07, 6.45) is -2.04. The van der Waals surface area contributed by atoms with E-state index in [2.05, 4.69) is 4.74 Å². The number of ether oxygens (including phenoxy) is 1. The van der Waals surface area contributed by atoms with Crippen molar-refractivity contribution in [3.63, 3.8) is 0 Å². The molecule has 0 bridgehead atoms. The van der Waals surface area contributed by atoms with E-state index in [1.165, 1.54) is 0 Å². The molecule has 0 aromatic heterocycles. The topological polar surface area (TPSA) is 26.3 Å². The van der Waals surface area contributed by atoms with Crippen LogP contribution in [-0.2, 0) is 9.53 Å². The first-order chi connectivity index (χ1) is 5.19. The van der Waals surface area contributed by atoms with Crippen molar-refractivity contribution in [3.8, 4) is 0 Å². The number of hydrogen-bond acceptors (Lipinski definition) is 2. The Bertz CT molecular complexity index is 144. The summed E-state index contributed by atoms with van der Waals surface area (Å²) in [6, 6.07) is 0. The molecule has 0 radical (unpaired) electrons. The minimum Gasteiger partial charge on any atom is -0.465 e. The van der Waals surface area contributed by atoms with Gasteiger partial charge in [-0.05, 0) is 13.7 Å². The molecule has 2 heteroatoms. The predicted molar refractivity (Wildman–Crippen MR) is 22.3 cm³/mol. The van der Waals surface area contributed by atoms with Crippen LogP contribution >= 0.6 is 0 Å². The average Bonchev–Trinajstić information content (AvgIpc) is 1.77. The quantitative estimate of drug-likeness (QED) is 0.467. The summed E-state index contributed by atoms with van der Waals surface area (Å²) < 4.78 is 44.4. The van der Waals surface area contributed by atoms with E-state index in [9.17, 15) is 4.79 Å². The second kappa shape index (κ2) is 2.69. The molecular weight excluding hydrogens is 80.0 g/mol. The Morgan fingerprint density at radius 3 is 2.83 bits per heavy atom. The van der Waals surface area contributed by atoms with Gasteiger partial charge in [0.1, 0.15) is 0 Å². The minimum absolute atomic E-state index is 0.177. The molecule has 0 N–H and O–H groups in total. The van der Waals surface area contributed by atoms with Crippen LogP contribution in [0, 0.1) is 0 Å². The third-order valence-corrected chi connectivity index (χ3v) is 0.192. The van der Waals surface area contributed by atoms with Crippen molar-refractivity contribution < 1.29 is 17.8 Å². The smallest absolute Gasteiger partial charge is 0.293 e. The van der Waals surface area contributed by atoms with Crippen LogP contribution in [0.15, 0.2) is 0 Å². The van der Waals surface area contributed by atoms with Gasteiger partial charge in [0, 0.05) is 8.22 Å². The fourth-order valence-electron chi connectivity index (χ4n) is 0.0556. The highest BCUT2D eigenvalue weighted by Crippen LogP contribution is 1.79. The van der Waals surface area contributed by atoms with Crippen LogP contribution in [0.25, 0.3) is 0 Å². The highest BCUT2D eigenvalue weighted by Gasteiger charge is 1.83. The Balaban J connectivity index is 4.56. The lowest BCUT2D eigenvalue weighted by Crippen LogP contribution is -1.98. The molecule has 0 fully saturated rings. The monoisotopic (exact) mass is 94.1 g/mol. The van der Waals surface area contributed by atoms with Gasteiger partial charge in [0.2, 0.25) is 0 Å². The van der Waals surface area contributed by atoms with Crippen LogP contribution in [0.4, 0.5) is 0 Å². The van der Waals surface area contributed by atoms with Gasteiger partial charge < -0.3 is 4.74 Å². The molecule has 0 aromatic rings. The van der Waals surface area contributed by atoms with Crippen LogP contribution in [0.1, 0.15) is 21.9 Å². The van der Waals surface area contributed by atoms with Gasteiger partial charge in [-0.3, -0.25) is 4.79 Å². The van der Waals surface area contributed by atoms with E-state index < -0.39 is 19.8 Å². The van der Waals surface area contributed by atoms with Crippen molar-refractivity contribution in [2.45, 2.75) is 19.8 Å². The Hall–Kier alpha value is -0.530. The second-order valence-electron chi connectivity index (χ2n) is 0.612. The zero-order chi connectivity index (χ0) is 9.99. The van der Waals surface area contributed by atoms with E-state index in [0.717, 1.165) is 0 Å². The highest BCUT2D eigenvalue weighted by molar-refractivity contribution is 5.37. The van der Waals surface area contributed by atoms with Crippen LogP contribution in [0.5, 0.6) is 0 Å². The molecular formula is C4H8O2. The largest absolute Gasteiger partial charge is 0.465 e. The molecule has 0 atom stereocenters. The summed E-state index contributed by atoms with van der Waals surface area (Å²) in [5, 5.41) is 0. The van der Waals surface area contributed by atoms with Crippen molar-refractivity contribution in [3.05, 3.63) is 0 Å². The molecule has 0 unspecified atom stereocenters. The Morgan fingerprint density at radius 1 is 2.00 bits per heavy atom. The van der Waals surface area contributed by atoms with E-state index in [4.69, 9.17) is 8.22 Å². The standard InChI is InChI=1S/C4H8O2/c1-4(2)6-3-5/h3-4H,1-2H3/i1D3,2D3. The van der Waals surface area contributed by atoms with Crippen LogP contribution in [0.2, 0.25) is 0 Å². The van der Waals surface area contributed by atoms with Crippen LogP contribution < -0.4 is 0 Å². The highest BCUT2D eigenvalue weighted by atomic mass is 16.5. The zero-order valence-corrected chi connectivity index (χ0v) is 2.97. The van der Waals surface area contributed by atoms with Gasteiger partial charge in [-0.2, -0.15) is 0 Å². The van der Waals surface area contributed by atoms with Gasteiger partial charge in [-0.15, -0.1) is 0 Å². The van der Waals surface area contributed by atoms with Crippen molar-refractivity contribution in [2.24, 2.45) is 0 Å². The maximum Gasteiger partial charge on any atom is 0.293 e. The lowest BCUT2D eigenvalue weighted by molar-refractivity contribution is -0.131. The van der Waals surface area contributed by atoms with E-state index in [-0.39, 0.29) is 6.47 Å². The molecule has 0 rings (SSSR count). The maximum absolute atomic E-state index is 9.79. The van der Waals surface area contributed by atoms with Gasteiger partial charge in [0.25, 0.3) is 6.47 Å². The SMILES string of the molecule is [2H]C([2H])([2H])C(OC=O)C([2H])([2H])[2H]. The minimum atomic E-state index is -2.81. The van der Waals surface area contributed by atoms with Gasteiger partial charge >= 0.3 is 0 Å². The average molecular weight is 94.1 g/mol. The van der Waals surface area contributed by atoms with Crippen molar-refractivity contribution in [2.75, 3.05) is 0 Å². The summed E-state index contributed by atoms with van der Waals surface area (Å²) in [7, 11) is 0. The maximum atomic E-state index is 9.79. The van der Waals surface area contributed by atoms with E-state index in [1.54, 1.807) is 0 Å². The van der Waals surface area contributed by atoms with Gasteiger partial charge in [0.05, 0.1) is 6.10 Å². The molecule has 0 aliphatic heterocycles. The summed E-state index contributed by atoms with van der Waals surface area (Å²) >= 11 is 0. The molecule has 36 valence electrons. The second-order valence-corrected chi connectivity index (χ2v) is 0.612. The van der Waals surface area contributed by atoms with Crippen LogP contribution in [-0.4, -0.2) is 12.6 Å². The molecule has 6 heavy (non-hydrogen) atoms. The van der Waals surface area contributed by atoms with E-state index in [0.29, 0.717) is 0 Å². The molecule has 0 spiro atoms. The van der Waals surface area contributed by atoms with Crippen molar-refractivity contribution in [1.29, 1.82) is 0 Å². The number of carbonyl (C=O) groups is 1. The molecule has 0 aliphatic carbocycles. The molecule has 0 amide bonds. The summed E-state index contributed by atoms with van der Waals surface area (Å²) in [5.41, 5.74) is 0. The van der Waals surface area contributed by atoms with E-state index >= 15 is 0 Å². The fourth-order valence-corrected chi connectivity index (χ4v) is 0.0556. The van der Waals surface area contributed by atoms with Crippen molar-refractivity contribution >= 4 is 6.47 Å². The van der Waals surface area contributed by atoms with Gasteiger partial charge in [-0.1, -0.05) is 0 Å². The van der Waals surface area contributed by atoms with Crippen molar-refractivity contribution in [1.82, 2.24) is 0 Å². The molecule has 0 saturated heterocycles. The Labute approximate surface area is 45.5 Å². The molecule has 0 saturated carbocycles. The summed E-state index contributed by atoms with van der Waals surface area (Å²) in [4.78, 5) is 9.79. The number of carbonyl (C=O) groups excluding carboxylic acids is 1. The Kier molecular flexibility index (Phi) is 0.448. The Morgan fingerprint density at radius 2 is 2.67 bits per heavy atom. The third-order valence-electron chi connectivity index (χ3n) is 0.192. The van der Waals surface area contributed by atoms with Gasteiger partial charge in [-0.25, -0.2) is 0 Å². The molecule has 0 aromatic carbocycles. The first-order valence-corrected chi connectivity index (χ1v) is 1.28. The lowest BCUT2D eigenvalue weighted by Gasteiger charge is -1.96. The number of hydrogen-bond donors (Lipinski definition) is 0. The van der Waals surface area contributed by atoms with Crippen LogP contribution in [0.3, 0.4) is 0 Å². The molecule has 0 aliphatic rings. The fraction of sp³-hybridized carbons (Fsp3) is 0.750. The summed E-state index contributed by atoms with van der Waals surface area (Å²) in [6.45, 7) is -5.80. The predicted octanol–water partition coefficient (Wildman–Crippen LogP) is 0.568. The normalized spacial score (nSPS) is 27.5. The third kappa shape index (κ3) is 3.47.